The lowest BCUT2D eigenvalue weighted by Crippen LogP contribution is -2.07. The second-order valence-corrected chi connectivity index (χ2v) is 4.32. The highest BCUT2D eigenvalue weighted by Crippen LogP contribution is 2.21. The Morgan fingerprint density at radius 1 is 1.29 bits per heavy atom. The third kappa shape index (κ3) is 2.25. The van der Waals surface area contributed by atoms with Crippen LogP contribution in [0.3, 0.4) is 0 Å². The fourth-order valence-corrected chi connectivity index (χ4v) is 1.48. The summed E-state index contributed by atoms with van der Waals surface area (Å²) < 4.78 is 2.01. The molecule has 0 bridgehead atoms. The van der Waals surface area contributed by atoms with Crippen molar-refractivity contribution in [2.24, 2.45) is 4.99 Å². The molecule has 0 spiro atoms. The SMILES string of the molecule is CC(C)n1cnc2c(/N=C\N(C)C)ncnc21. The van der Waals surface area contributed by atoms with Crippen molar-refractivity contribution in [1.29, 1.82) is 0 Å². The van der Waals surface area contributed by atoms with Gasteiger partial charge in [0.15, 0.2) is 17.0 Å². The molecule has 0 aliphatic rings. The fraction of sp³-hybridized carbons (Fsp3) is 0.455. The number of nitrogens with zero attached hydrogens (tertiary/aromatic N) is 6. The number of aromatic nitrogens is 4. The smallest absolute Gasteiger partial charge is 0.184 e. The largest absolute Gasteiger partial charge is 0.369 e. The van der Waals surface area contributed by atoms with E-state index in [0.717, 1.165) is 11.2 Å². The maximum absolute atomic E-state index is 4.32. The molecule has 17 heavy (non-hydrogen) atoms. The van der Waals surface area contributed by atoms with E-state index in [-0.39, 0.29) is 0 Å². The van der Waals surface area contributed by atoms with Gasteiger partial charge in [-0.3, -0.25) is 0 Å². The average Bonchev–Trinajstić information content (AvgIpc) is 2.70. The van der Waals surface area contributed by atoms with Crippen molar-refractivity contribution < 1.29 is 0 Å². The Morgan fingerprint density at radius 2 is 2.06 bits per heavy atom. The molecule has 6 nitrogen and oxygen atoms in total. The van der Waals surface area contributed by atoms with Crippen LogP contribution in [-0.4, -0.2) is 44.9 Å². The molecule has 0 saturated heterocycles. The molecule has 0 N–H and O–H groups in total. The van der Waals surface area contributed by atoms with E-state index in [1.54, 1.807) is 12.7 Å². The molecule has 0 unspecified atom stereocenters. The van der Waals surface area contributed by atoms with Gasteiger partial charge in [0.25, 0.3) is 0 Å². The maximum Gasteiger partial charge on any atom is 0.184 e. The molecular weight excluding hydrogens is 216 g/mol. The van der Waals surface area contributed by atoms with Crippen molar-refractivity contribution in [2.75, 3.05) is 14.1 Å². The van der Waals surface area contributed by atoms with Crippen molar-refractivity contribution in [1.82, 2.24) is 24.4 Å². The summed E-state index contributed by atoms with van der Waals surface area (Å²) in [5.41, 5.74) is 1.56. The molecular formula is C11H16N6. The van der Waals surface area contributed by atoms with E-state index >= 15 is 0 Å². The molecule has 0 aliphatic heterocycles. The summed E-state index contributed by atoms with van der Waals surface area (Å²) in [7, 11) is 3.82. The average molecular weight is 232 g/mol. The summed E-state index contributed by atoms with van der Waals surface area (Å²) in [4.78, 5) is 18.9. The fourth-order valence-electron chi connectivity index (χ4n) is 1.48. The molecule has 0 atom stereocenters. The Balaban J connectivity index is 2.52. The maximum atomic E-state index is 4.32. The quantitative estimate of drug-likeness (QED) is 0.596. The summed E-state index contributed by atoms with van der Waals surface area (Å²) in [5.74, 6) is 0.600. The molecule has 0 fully saturated rings. The van der Waals surface area contributed by atoms with Gasteiger partial charge in [-0.1, -0.05) is 0 Å². The van der Waals surface area contributed by atoms with E-state index in [2.05, 4.69) is 33.8 Å². The van der Waals surface area contributed by atoms with Gasteiger partial charge in [-0.25, -0.2) is 19.9 Å². The number of hydrogen-bond donors (Lipinski definition) is 0. The third-order valence-electron chi connectivity index (χ3n) is 2.31. The zero-order valence-electron chi connectivity index (χ0n) is 10.5. The minimum Gasteiger partial charge on any atom is -0.369 e. The molecule has 0 saturated carbocycles. The topological polar surface area (TPSA) is 59.2 Å². The molecule has 2 heterocycles. The van der Waals surface area contributed by atoms with Gasteiger partial charge in [-0.05, 0) is 13.8 Å². The molecule has 0 aromatic carbocycles. The molecule has 0 radical (unpaired) electrons. The van der Waals surface area contributed by atoms with Crippen LogP contribution in [0.15, 0.2) is 17.6 Å². The predicted molar refractivity (Wildman–Crippen MR) is 67.5 cm³/mol. The molecule has 6 heteroatoms. The molecule has 2 aromatic heterocycles. The molecule has 90 valence electrons. The van der Waals surface area contributed by atoms with E-state index in [1.807, 2.05) is 23.6 Å². The molecule has 0 aliphatic carbocycles. The summed E-state index contributed by atoms with van der Waals surface area (Å²) in [6.45, 7) is 4.18. The first kappa shape index (κ1) is 11.5. The van der Waals surface area contributed by atoms with Crippen molar-refractivity contribution in [3.63, 3.8) is 0 Å². The van der Waals surface area contributed by atoms with Crippen LogP contribution < -0.4 is 0 Å². The third-order valence-corrected chi connectivity index (χ3v) is 2.31. The first-order valence-electron chi connectivity index (χ1n) is 5.47. The summed E-state index contributed by atoms with van der Waals surface area (Å²) in [5, 5.41) is 0. The number of rotatable bonds is 3. The van der Waals surface area contributed by atoms with Crippen molar-refractivity contribution >= 4 is 23.3 Å². The summed E-state index contributed by atoms with van der Waals surface area (Å²) in [6, 6.07) is 0.320. The molecule has 0 amide bonds. The van der Waals surface area contributed by atoms with Crippen molar-refractivity contribution in [2.45, 2.75) is 19.9 Å². The van der Waals surface area contributed by atoms with E-state index in [0.29, 0.717) is 11.9 Å². The lowest BCUT2D eigenvalue weighted by atomic mass is 10.4. The van der Waals surface area contributed by atoms with Gasteiger partial charge < -0.3 is 9.47 Å². The van der Waals surface area contributed by atoms with Crippen molar-refractivity contribution in [3.8, 4) is 0 Å². The predicted octanol–water partition coefficient (Wildman–Crippen LogP) is 1.63. The Hall–Kier alpha value is -1.98. The zero-order valence-corrected chi connectivity index (χ0v) is 10.5. The Bertz CT molecular complexity index is 540. The van der Waals surface area contributed by atoms with Gasteiger partial charge in [-0.2, -0.15) is 0 Å². The number of aliphatic imine (C=N–C) groups is 1. The van der Waals surface area contributed by atoms with Gasteiger partial charge >= 0.3 is 0 Å². The minimum atomic E-state index is 0.320. The monoisotopic (exact) mass is 232 g/mol. The first-order valence-corrected chi connectivity index (χ1v) is 5.47. The second kappa shape index (κ2) is 4.48. The lowest BCUT2D eigenvalue weighted by Gasteiger charge is -2.06. The van der Waals surface area contributed by atoms with E-state index < -0.39 is 0 Å². The number of hydrogen-bond acceptors (Lipinski definition) is 4. The van der Waals surface area contributed by atoms with Crippen LogP contribution in [0.4, 0.5) is 5.82 Å². The van der Waals surface area contributed by atoms with Gasteiger partial charge in [0.2, 0.25) is 0 Å². The Morgan fingerprint density at radius 3 is 2.71 bits per heavy atom. The van der Waals surface area contributed by atoms with E-state index in [4.69, 9.17) is 0 Å². The number of fused-ring (bicyclic) bond motifs is 1. The molecule has 2 aromatic rings. The van der Waals surface area contributed by atoms with Crippen LogP contribution in [0.25, 0.3) is 11.2 Å². The van der Waals surface area contributed by atoms with Crippen LogP contribution >= 0.6 is 0 Å². The Labute approximate surface area is 100 Å². The highest BCUT2D eigenvalue weighted by molar-refractivity contribution is 5.82. The van der Waals surface area contributed by atoms with Crippen LogP contribution in [0.2, 0.25) is 0 Å². The zero-order chi connectivity index (χ0) is 12.4. The first-order chi connectivity index (χ1) is 8.09. The highest BCUT2D eigenvalue weighted by atomic mass is 15.2. The van der Waals surface area contributed by atoms with Gasteiger partial charge in [0.1, 0.15) is 6.33 Å². The van der Waals surface area contributed by atoms with Gasteiger partial charge in [-0.15, -0.1) is 0 Å². The molecule has 2 rings (SSSR count). The van der Waals surface area contributed by atoms with Crippen LogP contribution in [0.5, 0.6) is 0 Å². The highest BCUT2D eigenvalue weighted by Gasteiger charge is 2.10. The standard InChI is InChI=1S/C11H16N6/c1-8(2)17-7-14-9-10(15-6-16(3)4)12-5-13-11(9)17/h5-8H,1-4H3/b15-6-. The van der Waals surface area contributed by atoms with Crippen LogP contribution in [-0.2, 0) is 0 Å². The minimum absolute atomic E-state index is 0.320. The summed E-state index contributed by atoms with van der Waals surface area (Å²) >= 11 is 0. The van der Waals surface area contributed by atoms with E-state index in [9.17, 15) is 0 Å². The van der Waals surface area contributed by atoms with Crippen LogP contribution in [0, 0.1) is 0 Å². The second-order valence-electron chi connectivity index (χ2n) is 4.32. The van der Waals surface area contributed by atoms with Crippen LogP contribution in [0.1, 0.15) is 19.9 Å². The Kier molecular flexibility index (Phi) is 3.03. The van der Waals surface area contributed by atoms with Crippen molar-refractivity contribution in [3.05, 3.63) is 12.7 Å². The van der Waals surface area contributed by atoms with E-state index in [1.165, 1.54) is 6.33 Å². The van der Waals surface area contributed by atoms with Gasteiger partial charge in [0, 0.05) is 20.1 Å². The normalized spacial score (nSPS) is 11.8. The summed E-state index contributed by atoms with van der Waals surface area (Å²) in [6.07, 6.45) is 5.00. The number of imidazole rings is 1. The van der Waals surface area contributed by atoms with Gasteiger partial charge in [0.05, 0.1) is 12.7 Å². The lowest BCUT2D eigenvalue weighted by molar-refractivity contribution is 0.612.